The van der Waals surface area contributed by atoms with Crippen LogP contribution in [0.2, 0.25) is 0 Å². The van der Waals surface area contributed by atoms with E-state index >= 15 is 0 Å². The first kappa shape index (κ1) is 15.3. The Morgan fingerprint density at radius 1 is 1.00 bits per heavy atom. The average molecular weight is 296 g/mol. The van der Waals surface area contributed by atoms with Crippen LogP contribution in [0, 0.1) is 0 Å². The number of halogens is 3. The molecule has 0 aliphatic heterocycles. The van der Waals surface area contributed by atoms with E-state index < -0.39 is 11.7 Å². The van der Waals surface area contributed by atoms with E-state index in [1.165, 1.54) is 6.07 Å². The van der Waals surface area contributed by atoms with Crippen LogP contribution in [0.5, 0.6) is 0 Å². The number of nitrogens with one attached hydrogen (secondary N) is 1. The molecule has 1 aromatic heterocycles. The summed E-state index contributed by atoms with van der Waals surface area (Å²) in [5.74, 6) is 0.412. The number of hydrogen-bond acceptors (Lipinski definition) is 3. The van der Waals surface area contributed by atoms with Crippen molar-refractivity contribution in [3.63, 3.8) is 0 Å². The van der Waals surface area contributed by atoms with E-state index in [9.17, 15) is 13.2 Å². The molecule has 2 aromatic rings. The normalized spacial score (nSPS) is 11.4. The van der Waals surface area contributed by atoms with Gasteiger partial charge in [0.2, 0.25) is 0 Å². The molecule has 2 N–H and O–H groups in total. The van der Waals surface area contributed by atoms with Crippen LogP contribution in [-0.2, 0) is 19.2 Å². The van der Waals surface area contributed by atoms with Gasteiger partial charge in [-0.1, -0.05) is 24.3 Å². The molecule has 0 spiro atoms. The standard InChI is InChI=1S/C15H15F3N2O/c16-15(17,18)13-5-6-14(20-9-13)19-8-7-11-1-3-12(10-21)4-2-11/h1-6,9,21H,7-8,10H2,(H,19,20). The first-order valence-electron chi connectivity index (χ1n) is 6.45. The van der Waals surface area contributed by atoms with Gasteiger partial charge >= 0.3 is 6.18 Å². The van der Waals surface area contributed by atoms with Crippen molar-refractivity contribution < 1.29 is 18.3 Å². The fraction of sp³-hybridized carbons (Fsp3) is 0.267. The van der Waals surface area contributed by atoms with E-state index in [2.05, 4.69) is 10.3 Å². The largest absolute Gasteiger partial charge is 0.417 e. The Hall–Kier alpha value is -2.08. The molecule has 0 amide bonds. The molecule has 0 radical (unpaired) electrons. The molecule has 1 heterocycles. The maximum Gasteiger partial charge on any atom is 0.417 e. The van der Waals surface area contributed by atoms with E-state index in [0.717, 1.165) is 23.4 Å². The molecule has 0 saturated carbocycles. The highest BCUT2D eigenvalue weighted by Gasteiger charge is 2.30. The van der Waals surface area contributed by atoms with Crippen LogP contribution in [0.25, 0.3) is 0 Å². The molecule has 112 valence electrons. The monoisotopic (exact) mass is 296 g/mol. The Balaban J connectivity index is 1.85. The molecule has 2 rings (SSSR count). The van der Waals surface area contributed by atoms with Crippen LogP contribution < -0.4 is 5.32 Å². The van der Waals surface area contributed by atoms with Gasteiger partial charge in [-0.25, -0.2) is 4.98 Å². The van der Waals surface area contributed by atoms with Gasteiger partial charge in [0.25, 0.3) is 0 Å². The molecule has 3 nitrogen and oxygen atoms in total. The predicted octanol–water partition coefficient (Wildman–Crippen LogP) is 3.25. The Morgan fingerprint density at radius 3 is 2.19 bits per heavy atom. The predicted molar refractivity (Wildman–Crippen MR) is 73.8 cm³/mol. The quantitative estimate of drug-likeness (QED) is 0.890. The van der Waals surface area contributed by atoms with Crippen molar-refractivity contribution in [2.45, 2.75) is 19.2 Å². The molecule has 0 fully saturated rings. The van der Waals surface area contributed by atoms with Crippen molar-refractivity contribution in [3.05, 3.63) is 59.3 Å². The second-order valence-electron chi connectivity index (χ2n) is 4.58. The second-order valence-corrected chi connectivity index (χ2v) is 4.58. The number of benzene rings is 1. The minimum atomic E-state index is -4.36. The topological polar surface area (TPSA) is 45.1 Å². The highest BCUT2D eigenvalue weighted by atomic mass is 19.4. The lowest BCUT2D eigenvalue weighted by Crippen LogP contribution is -2.09. The molecule has 0 bridgehead atoms. The number of aliphatic hydroxyl groups is 1. The molecule has 6 heteroatoms. The van der Waals surface area contributed by atoms with Crippen LogP contribution in [0.4, 0.5) is 19.0 Å². The Morgan fingerprint density at radius 2 is 1.67 bits per heavy atom. The number of pyridine rings is 1. The summed E-state index contributed by atoms with van der Waals surface area (Å²) in [6.45, 7) is 0.574. The second kappa shape index (κ2) is 6.58. The summed E-state index contributed by atoms with van der Waals surface area (Å²) in [4.78, 5) is 3.74. The third-order valence-corrected chi connectivity index (χ3v) is 3.02. The summed E-state index contributed by atoms with van der Waals surface area (Å²) in [5, 5.41) is 11.9. The Labute approximate surface area is 120 Å². The lowest BCUT2D eigenvalue weighted by atomic mass is 10.1. The minimum Gasteiger partial charge on any atom is -0.392 e. The number of aliphatic hydroxyl groups excluding tert-OH is 1. The number of aromatic nitrogens is 1. The van der Waals surface area contributed by atoms with Gasteiger partial charge in [0.05, 0.1) is 12.2 Å². The molecular formula is C15H15F3N2O. The zero-order valence-electron chi connectivity index (χ0n) is 11.2. The SMILES string of the molecule is OCc1ccc(CCNc2ccc(C(F)(F)F)cn2)cc1. The first-order chi connectivity index (χ1) is 9.99. The molecule has 0 saturated heterocycles. The lowest BCUT2D eigenvalue weighted by molar-refractivity contribution is -0.137. The van der Waals surface area contributed by atoms with E-state index in [-0.39, 0.29) is 6.61 Å². The zero-order valence-corrected chi connectivity index (χ0v) is 11.2. The van der Waals surface area contributed by atoms with Crippen molar-refractivity contribution in [1.29, 1.82) is 0 Å². The summed E-state index contributed by atoms with van der Waals surface area (Å²) in [7, 11) is 0. The van der Waals surface area contributed by atoms with Gasteiger partial charge in [0.15, 0.2) is 0 Å². The average Bonchev–Trinajstić information content (AvgIpc) is 2.47. The van der Waals surface area contributed by atoms with Crippen LogP contribution in [-0.4, -0.2) is 16.6 Å². The van der Waals surface area contributed by atoms with E-state index in [1.807, 2.05) is 24.3 Å². The summed E-state index contributed by atoms with van der Waals surface area (Å²) in [6, 6.07) is 9.82. The Kier molecular flexibility index (Phi) is 4.80. The van der Waals surface area contributed by atoms with Crippen molar-refractivity contribution in [2.75, 3.05) is 11.9 Å². The number of rotatable bonds is 5. The third kappa shape index (κ3) is 4.46. The van der Waals surface area contributed by atoms with Gasteiger partial charge in [0.1, 0.15) is 5.82 Å². The van der Waals surface area contributed by atoms with Gasteiger partial charge in [-0.15, -0.1) is 0 Å². The van der Waals surface area contributed by atoms with Gasteiger partial charge in [-0.05, 0) is 29.7 Å². The fourth-order valence-electron chi connectivity index (χ4n) is 1.81. The molecule has 0 unspecified atom stereocenters. The molecule has 21 heavy (non-hydrogen) atoms. The van der Waals surface area contributed by atoms with Crippen molar-refractivity contribution >= 4 is 5.82 Å². The minimum absolute atomic E-state index is 0.00794. The smallest absolute Gasteiger partial charge is 0.392 e. The van der Waals surface area contributed by atoms with E-state index in [0.29, 0.717) is 18.8 Å². The van der Waals surface area contributed by atoms with E-state index in [1.54, 1.807) is 0 Å². The first-order valence-corrected chi connectivity index (χ1v) is 6.45. The van der Waals surface area contributed by atoms with Crippen molar-refractivity contribution in [1.82, 2.24) is 4.98 Å². The van der Waals surface area contributed by atoms with Crippen LogP contribution in [0.1, 0.15) is 16.7 Å². The molecule has 0 aliphatic rings. The number of hydrogen-bond donors (Lipinski definition) is 2. The van der Waals surface area contributed by atoms with Crippen molar-refractivity contribution in [3.8, 4) is 0 Å². The number of anilines is 1. The Bertz CT molecular complexity index is 565. The maximum absolute atomic E-state index is 12.4. The van der Waals surface area contributed by atoms with E-state index in [4.69, 9.17) is 5.11 Å². The summed E-state index contributed by atoms with van der Waals surface area (Å²) >= 11 is 0. The van der Waals surface area contributed by atoms with Crippen LogP contribution >= 0.6 is 0 Å². The maximum atomic E-state index is 12.4. The molecule has 1 aromatic carbocycles. The third-order valence-electron chi connectivity index (χ3n) is 3.02. The van der Waals surface area contributed by atoms with Gasteiger partial charge in [-0.3, -0.25) is 0 Å². The summed E-state index contributed by atoms with van der Waals surface area (Å²) in [5.41, 5.74) is 1.16. The highest BCUT2D eigenvalue weighted by molar-refractivity contribution is 5.36. The zero-order chi connectivity index (χ0) is 15.3. The van der Waals surface area contributed by atoms with Gasteiger partial charge in [0, 0.05) is 12.7 Å². The molecular weight excluding hydrogens is 281 g/mol. The molecule has 0 atom stereocenters. The number of nitrogens with zero attached hydrogens (tertiary/aromatic N) is 1. The van der Waals surface area contributed by atoms with Crippen molar-refractivity contribution in [2.24, 2.45) is 0 Å². The van der Waals surface area contributed by atoms with Gasteiger partial charge < -0.3 is 10.4 Å². The highest BCUT2D eigenvalue weighted by Crippen LogP contribution is 2.28. The van der Waals surface area contributed by atoms with Crippen LogP contribution in [0.15, 0.2) is 42.6 Å². The lowest BCUT2D eigenvalue weighted by Gasteiger charge is -2.09. The molecule has 0 aliphatic carbocycles. The number of alkyl halides is 3. The summed E-state index contributed by atoms with van der Waals surface area (Å²) in [6.07, 6.45) is -2.83. The van der Waals surface area contributed by atoms with Gasteiger partial charge in [-0.2, -0.15) is 13.2 Å². The summed E-state index contributed by atoms with van der Waals surface area (Å²) < 4.78 is 37.1. The van der Waals surface area contributed by atoms with Crippen LogP contribution in [0.3, 0.4) is 0 Å². The fourth-order valence-corrected chi connectivity index (χ4v) is 1.81.